The smallest absolute Gasteiger partial charge is 0.303 e. The van der Waals surface area contributed by atoms with E-state index in [2.05, 4.69) is 105 Å². The van der Waals surface area contributed by atoms with Gasteiger partial charge in [0.25, 0.3) is 0 Å². The Balaban J connectivity index is 1.65. The van der Waals surface area contributed by atoms with Crippen LogP contribution in [0.2, 0.25) is 0 Å². The lowest BCUT2D eigenvalue weighted by Crippen LogP contribution is -2.61. The highest BCUT2D eigenvalue weighted by molar-refractivity contribution is 6.01. The summed E-state index contributed by atoms with van der Waals surface area (Å²) in [4.78, 5) is 268. The van der Waals surface area contributed by atoms with Gasteiger partial charge in [0, 0.05) is 43.0 Å². The van der Waals surface area contributed by atoms with Gasteiger partial charge in [-0.3, -0.25) is 91.1 Å². The van der Waals surface area contributed by atoms with Crippen LogP contribution in [0.1, 0.15) is 165 Å². The number of carboxylic acids is 1. The van der Waals surface area contributed by atoms with Gasteiger partial charge in [-0.2, -0.15) is 0 Å². The SMILES string of the molecule is CC[C@@H](C)[C@@H](NC(=O)CNC(=O)[C@H](C)NC(=O)[C@H](C)NC(=O)[C@H](Cc1cnc[nH]1)NC(=O)[C@H](CC(N)=O)NC(=O)CNC(=O)[C@H](C)NC(=O)CNC(=O)[C@H](Cc1cnc[nH]1)NC(=O)[C@H](CC(C)C)NC(=O)[C@H](CC(C)C)NC(=O)[C@H](CCC(=O)O)NC(=O)[C@@H](N)Cc1ccc(O)cc1)C(=O)N[C@@H](CC(C)C)C(=O)N[C@H](C(=O)N[C@@H](CC(C)C)C(N)=O)[C@@H](C)O. The number of phenolic OH excluding ortho intramolecular Hbond substituents is 1. The van der Waals surface area contributed by atoms with Gasteiger partial charge < -0.3 is 128 Å². The molecule has 0 aliphatic rings. The highest BCUT2D eigenvalue weighted by Crippen LogP contribution is 2.17. The molecule has 0 bridgehead atoms. The third-order valence-electron chi connectivity index (χ3n) is 19.1. The average molecular weight is 1750 g/mol. The first-order chi connectivity index (χ1) is 58.1. The number of primary amides is 2. The number of carbonyl (C=O) groups excluding carboxylic acids is 18. The first-order valence-electron chi connectivity index (χ1n) is 40.8. The Kier molecular flexibility index (Phi) is 44.7. The molecule has 0 aliphatic carbocycles. The van der Waals surface area contributed by atoms with Crippen molar-refractivity contribution in [2.45, 2.75) is 258 Å². The molecule has 0 saturated heterocycles. The van der Waals surface area contributed by atoms with Crippen LogP contribution in [0.15, 0.2) is 49.3 Å². The van der Waals surface area contributed by atoms with E-state index in [0.29, 0.717) is 17.7 Å². The number of phenols is 1. The second-order valence-electron chi connectivity index (χ2n) is 32.2. The number of benzene rings is 1. The standard InChI is InChI=1S/C79H125N23O22/c1-15-41(10)64(78(123)100-55(25-40(8)9)77(122)102-65(45(14)103)79(124)95-52(66(82)111)22-37(2)3)101-62(108)34-86-68(113)43(12)91-69(114)44(13)92-73(118)57(28-48-31-84-36-89-48)99-76(121)58(29-59(81)105)93-61(107)33-85-67(112)42(11)90-60(106)32-87-71(116)56(27-47-30-83-35-88-47)98-75(120)54(24-39(6)7)97-74(119)53(23-38(4)5)96-72(117)51(20-21-63(109)110)94-70(115)50(80)26-46-16-18-49(104)19-17-46/h16-19,30-31,35-45,50-58,64-65,103-104H,15,20-29,32-34,80H2,1-14H3,(H2,81,105)(H2,82,111)(H,83,88)(H,84,89)(H,85,112)(H,86,113)(H,87,116)(H,90,106)(H,91,114)(H,92,118)(H,93,107)(H,94,115)(H,95,124)(H,96,117)(H,97,119)(H,98,120)(H,99,121)(H,100,123)(H,101,108)(H,102,122)(H,109,110)/t41-,42+,43+,44+,45-,50+,51+,52+,53+,54+,55+,56+,57+,58+,64-,65+/m1/s1. The normalized spacial score (nSPS) is 15.1. The summed E-state index contributed by atoms with van der Waals surface area (Å²) in [5, 5.41) is 68.9. The Bertz CT molecular complexity index is 4130. The number of nitrogens with one attached hydrogen (secondary N) is 18. The molecule has 3 rings (SSSR count). The van der Waals surface area contributed by atoms with Gasteiger partial charge in [-0.05, 0) is 114 Å². The van der Waals surface area contributed by atoms with Gasteiger partial charge in [-0.15, -0.1) is 0 Å². The zero-order valence-corrected chi connectivity index (χ0v) is 72.3. The number of imidazole rings is 2. The number of carbonyl (C=O) groups is 19. The minimum atomic E-state index is -1.81. The van der Waals surface area contributed by atoms with E-state index in [1.165, 1.54) is 77.0 Å². The summed E-state index contributed by atoms with van der Waals surface area (Å²) >= 11 is 0. The van der Waals surface area contributed by atoms with Crippen LogP contribution in [0.4, 0.5) is 0 Å². The number of nitrogens with two attached hydrogens (primary N) is 3. The van der Waals surface area contributed by atoms with Gasteiger partial charge in [0.05, 0.1) is 50.9 Å². The molecule has 45 heteroatoms. The Hall–Kier alpha value is -12.7. The van der Waals surface area contributed by atoms with Gasteiger partial charge in [0.2, 0.25) is 106 Å². The molecule has 688 valence electrons. The maximum atomic E-state index is 14.3. The number of hydrogen-bond donors (Lipinski definition) is 24. The van der Waals surface area contributed by atoms with Gasteiger partial charge in [0.15, 0.2) is 0 Å². The largest absolute Gasteiger partial charge is 0.508 e. The summed E-state index contributed by atoms with van der Waals surface area (Å²) in [6, 6.07) is -14.0. The molecule has 124 heavy (non-hydrogen) atoms. The summed E-state index contributed by atoms with van der Waals surface area (Å²) in [5.41, 5.74) is 18.3. The molecule has 16 atom stereocenters. The number of aromatic nitrogens is 4. The minimum Gasteiger partial charge on any atom is -0.508 e. The van der Waals surface area contributed by atoms with Gasteiger partial charge in [-0.1, -0.05) is 87.8 Å². The monoisotopic (exact) mass is 1750 g/mol. The van der Waals surface area contributed by atoms with E-state index in [9.17, 15) is 106 Å². The molecule has 45 nitrogen and oxygen atoms in total. The number of H-pyrrole nitrogens is 2. The van der Waals surface area contributed by atoms with E-state index in [-0.39, 0.29) is 80.1 Å². The molecule has 0 saturated carbocycles. The predicted octanol–water partition coefficient (Wildman–Crippen LogP) is -6.26. The summed E-state index contributed by atoms with van der Waals surface area (Å²) in [6.45, 7) is 20.0. The first-order valence-corrected chi connectivity index (χ1v) is 40.8. The highest BCUT2D eigenvalue weighted by atomic mass is 16.4. The number of carboxylic acid groups (broad SMARTS) is 1. The van der Waals surface area contributed by atoms with Crippen LogP contribution in [0, 0.1) is 29.6 Å². The molecule has 3 aromatic rings. The van der Waals surface area contributed by atoms with E-state index in [4.69, 9.17) is 17.2 Å². The molecule has 2 heterocycles. The van der Waals surface area contributed by atoms with Crippen LogP contribution in [0.5, 0.6) is 5.75 Å². The Labute approximate surface area is 717 Å². The summed E-state index contributed by atoms with van der Waals surface area (Å²) in [5.74, 6) is -19.5. The van der Waals surface area contributed by atoms with Crippen LogP contribution in [-0.2, 0) is 110 Å². The molecule has 0 spiro atoms. The van der Waals surface area contributed by atoms with E-state index in [1.54, 1.807) is 69.2 Å². The molecule has 27 N–H and O–H groups in total. The Morgan fingerprint density at radius 3 is 1.21 bits per heavy atom. The molecule has 0 radical (unpaired) electrons. The number of aliphatic hydroxyl groups is 1. The van der Waals surface area contributed by atoms with Crippen LogP contribution < -0.4 is 102 Å². The number of amides is 18. The van der Waals surface area contributed by atoms with E-state index < -0.39 is 248 Å². The van der Waals surface area contributed by atoms with E-state index >= 15 is 0 Å². The molecular formula is C79H125N23O22. The lowest BCUT2D eigenvalue weighted by atomic mass is 9.96. The van der Waals surface area contributed by atoms with Crippen molar-refractivity contribution < 1.29 is 106 Å². The fourth-order valence-electron chi connectivity index (χ4n) is 12.2. The number of aromatic amines is 2. The number of hydrogen-bond acceptors (Lipinski definition) is 24. The van der Waals surface area contributed by atoms with Crippen molar-refractivity contribution in [1.29, 1.82) is 0 Å². The highest BCUT2D eigenvalue weighted by Gasteiger charge is 2.39. The second-order valence-corrected chi connectivity index (χ2v) is 32.2. The molecule has 1 aromatic carbocycles. The average Bonchev–Trinajstić information content (AvgIpc) is 1.27. The molecule has 18 amide bonds. The zero-order chi connectivity index (χ0) is 93.5. The molecule has 2 aromatic heterocycles. The maximum Gasteiger partial charge on any atom is 0.303 e. The Morgan fingerprint density at radius 1 is 0.395 bits per heavy atom. The second kappa shape index (κ2) is 52.6. The lowest BCUT2D eigenvalue weighted by molar-refractivity contribution is -0.138. The number of aliphatic carboxylic acids is 1. The van der Waals surface area contributed by atoms with Gasteiger partial charge in [0.1, 0.15) is 84.3 Å². The zero-order valence-electron chi connectivity index (χ0n) is 72.3. The summed E-state index contributed by atoms with van der Waals surface area (Å²) in [7, 11) is 0. The van der Waals surface area contributed by atoms with Crippen molar-refractivity contribution in [3.8, 4) is 5.75 Å². The topological polar surface area (TPSA) is 713 Å². The van der Waals surface area contributed by atoms with Crippen LogP contribution in [0.3, 0.4) is 0 Å². The first kappa shape index (κ1) is 105. The fraction of sp³-hybridized carbons (Fsp3) is 0.608. The van der Waals surface area contributed by atoms with Crippen molar-refractivity contribution >= 4 is 112 Å². The minimum absolute atomic E-state index is 0.00720. The van der Waals surface area contributed by atoms with Gasteiger partial charge in [-0.25, -0.2) is 9.97 Å². The molecule has 0 aliphatic heterocycles. The van der Waals surface area contributed by atoms with Gasteiger partial charge >= 0.3 is 5.97 Å². The third-order valence-corrected chi connectivity index (χ3v) is 19.1. The maximum absolute atomic E-state index is 14.3. The van der Waals surface area contributed by atoms with Crippen molar-refractivity contribution in [2.75, 3.05) is 19.6 Å². The third kappa shape index (κ3) is 39.0. The van der Waals surface area contributed by atoms with Crippen molar-refractivity contribution in [1.82, 2.24) is 105 Å². The van der Waals surface area contributed by atoms with Crippen molar-refractivity contribution in [3.05, 3.63) is 66.3 Å². The Morgan fingerprint density at radius 2 is 0.766 bits per heavy atom. The summed E-state index contributed by atoms with van der Waals surface area (Å²) in [6.07, 6.45) is 1.84. The number of aliphatic hydroxyl groups excluding tert-OH is 1. The van der Waals surface area contributed by atoms with E-state index in [1.807, 2.05) is 0 Å². The number of rotatable bonds is 55. The van der Waals surface area contributed by atoms with Crippen LogP contribution in [0.25, 0.3) is 0 Å². The van der Waals surface area contributed by atoms with Crippen molar-refractivity contribution in [2.24, 2.45) is 46.8 Å². The molecule has 0 fully saturated rings. The van der Waals surface area contributed by atoms with Crippen LogP contribution >= 0.6 is 0 Å². The predicted molar refractivity (Wildman–Crippen MR) is 444 cm³/mol. The lowest BCUT2D eigenvalue weighted by Gasteiger charge is -2.29. The fourth-order valence-corrected chi connectivity index (χ4v) is 12.2. The number of aromatic hydroxyl groups is 1. The molecule has 0 unspecified atom stereocenters. The number of nitrogens with zero attached hydrogens (tertiary/aromatic N) is 2. The van der Waals surface area contributed by atoms with Crippen molar-refractivity contribution in [3.63, 3.8) is 0 Å². The molecular weight excluding hydrogens is 1620 g/mol. The quantitative estimate of drug-likeness (QED) is 0.0250. The van der Waals surface area contributed by atoms with E-state index in [0.717, 1.165) is 0 Å². The van der Waals surface area contributed by atoms with Crippen LogP contribution in [-0.4, -0.2) is 258 Å². The summed E-state index contributed by atoms with van der Waals surface area (Å²) < 4.78 is 0.